The first-order valence-electron chi connectivity index (χ1n) is 9.78. The minimum Gasteiger partial charge on any atom is -0.491 e. The van der Waals surface area contributed by atoms with E-state index in [9.17, 15) is 18.3 Å². The van der Waals surface area contributed by atoms with Crippen molar-refractivity contribution in [1.29, 1.82) is 0 Å². The van der Waals surface area contributed by atoms with E-state index in [0.29, 0.717) is 5.75 Å². The van der Waals surface area contributed by atoms with Gasteiger partial charge in [-0.2, -0.15) is 8.42 Å². The normalized spacial score (nSPS) is 13.8. The van der Waals surface area contributed by atoms with E-state index in [1.807, 2.05) is 13.0 Å². The highest BCUT2D eigenvalue weighted by Gasteiger charge is 2.27. The van der Waals surface area contributed by atoms with E-state index < -0.39 is 40.6 Å². The Morgan fingerprint density at radius 3 is 2.23 bits per heavy atom. The summed E-state index contributed by atoms with van der Waals surface area (Å²) in [7, 11) is -4.07. The van der Waals surface area contributed by atoms with Crippen molar-refractivity contribution in [2.75, 3.05) is 13.2 Å². The van der Waals surface area contributed by atoms with Crippen LogP contribution in [0.2, 0.25) is 0 Å². The highest BCUT2D eigenvalue weighted by Crippen LogP contribution is 2.15. The van der Waals surface area contributed by atoms with Gasteiger partial charge in [-0.3, -0.25) is 4.18 Å². The Bertz CT molecular complexity index is 938. The molecule has 2 unspecified atom stereocenters. The largest absolute Gasteiger partial charge is 0.491 e. The molecule has 0 aliphatic carbocycles. The fraction of sp³-hybridized carbons (Fsp3) is 0.409. The van der Waals surface area contributed by atoms with Crippen LogP contribution in [-0.4, -0.2) is 50.6 Å². The van der Waals surface area contributed by atoms with Gasteiger partial charge < -0.3 is 19.9 Å². The molecule has 0 bridgehead atoms. The zero-order chi connectivity index (χ0) is 23.1. The summed E-state index contributed by atoms with van der Waals surface area (Å²) < 4.78 is 40.6. The standard InChI is InChI=1S/C22H29NO7S/c1-16-10-12-18(13-11-16)31(26,27)29-15-20(24)19(23-21(25)30-22(2,3)4)14-28-17-8-6-5-7-9-17/h5-13,19-20,24H,14-15H2,1-4H3,(H,23,25). The van der Waals surface area contributed by atoms with Crippen molar-refractivity contribution in [3.63, 3.8) is 0 Å². The summed E-state index contributed by atoms with van der Waals surface area (Å²) in [5.41, 5.74) is 0.157. The van der Waals surface area contributed by atoms with Crippen LogP contribution in [-0.2, 0) is 19.0 Å². The zero-order valence-corrected chi connectivity index (χ0v) is 18.9. The molecular formula is C22H29NO7S. The third-order valence-corrected chi connectivity index (χ3v) is 5.34. The Morgan fingerprint density at radius 1 is 1.03 bits per heavy atom. The fourth-order valence-corrected chi connectivity index (χ4v) is 3.38. The molecule has 8 nitrogen and oxygen atoms in total. The number of aliphatic hydroxyl groups is 1. The first-order chi connectivity index (χ1) is 14.5. The molecule has 1 amide bonds. The maximum absolute atomic E-state index is 12.4. The number of aliphatic hydroxyl groups excluding tert-OH is 1. The van der Waals surface area contributed by atoms with E-state index in [1.165, 1.54) is 12.1 Å². The lowest BCUT2D eigenvalue weighted by Crippen LogP contribution is -2.50. The van der Waals surface area contributed by atoms with Crippen molar-refractivity contribution >= 4 is 16.2 Å². The number of carbonyl (C=O) groups is 1. The number of ether oxygens (including phenoxy) is 2. The van der Waals surface area contributed by atoms with Gasteiger partial charge in [0.05, 0.1) is 17.5 Å². The Morgan fingerprint density at radius 2 is 1.65 bits per heavy atom. The number of hydrogen-bond acceptors (Lipinski definition) is 7. The summed E-state index contributed by atoms with van der Waals surface area (Å²) in [6, 6.07) is 14.0. The number of nitrogens with one attached hydrogen (secondary N) is 1. The molecule has 170 valence electrons. The number of carbonyl (C=O) groups excluding carboxylic acids is 1. The van der Waals surface area contributed by atoms with Crippen LogP contribution in [0.5, 0.6) is 5.75 Å². The smallest absolute Gasteiger partial charge is 0.408 e. The van der Waals surface area contributed by atoms with E-state index >= 15 is 0 Å². The number of para-hydroxylation sites is 1. The number of aryl methyl sites for hydroxylation is 1. The lowest BCUT2D eigenvalue weighted by molar-refractivity contribution is 0.0275. The monoisotopic (exact) mass is 451 g/mol. The van der Waals surface area contributed by atoms with E-state index in [-0.39, 0.29) is 11.5 Å². The summed E-state index contributed by atoms with van der Waals surface area (Å²) in [5.74, 6) is 0.527. The van der Waals surface area contributed by atoms with E-state index in [1.54, 1.807) is 57.2 Å². The number of amides is 1. The maximum Gasteiger partial charge on any atom is 0.408 e. The molecule has 0 radical (unpaired) electrons. The van der Waals surface area contributed by atoms with Crippen LogP contribution in [0.4, 0.5) is 4.79 Å². The Kier molecular flexibility index (Phi) is 8.43. The molecule has 2 aromatic carbocycles. The molecule has 0 aromatic heterocycles. The summed E-state index contributed by atoms with van der Waals surface area (Å²) >= 11 is 0. The van der Waals surface area contributed by atoms with Gasteiger partial charge in [-0.05, 0) is 52.0 Å². The number of rotatable bonds is 9. The van der Waals surface area contributed by atoms with Gasteiger partial charge >= 0.3 is 6.09 Å². The van der Waals surface area contributed by atoms with E-state index in [0.717, 1.165) is 5.56 Å². The summed E-state index contributed by atoms with van der Waals surface area (Å²) in [6.45, 7) is 6.25. The lowest BCUT2D eigenvalue weighted by Gasteiger charge is -2.26. The topological polar surface area (TPSA) is 111 Å². The molecular weight excluding hydrogens is 422 g/mol. The molecule has 9 heteroatoms. The Labute approximate surface area is 183 Å². The Balaban J connectivity index is 2.05. The molecule has 0 aliphatic heterocycles. The zero-order valence-electron chi connectivity index (χ0n) is 18.1. The molecule has 2 atom stereocenters. The summed E-state index contributed by atoms with van der Waals surface area (Å²) in [6.07, 6.45) is -2.15. The minimum atomic E-state index is -4.07. The van der Waals surface area contributed by atoms with Gasteiger partial charge in [0.2, 0.25) is 0 Å². The number of benzene rings is 2. The third-order valence-electron chi connectivity index (χ3n) is 4.04. The molecule has 0 heterocycles. The summed E-state index contributed by atoms with van der Waals surface area (Å²) in [4.78, 5) is 12.2. The second-order valence-electron chi connectivity index (χ2n) is 8.00. The Hall–Kier alpha value is -2.62. The van der Waals surface area contributed by atoms with Crippen LogP contribution in [0.3, 0.4) is 0 Å². The lowest BCUT2D eigenvalue weighted by atomic mass is 10.2. The highest BCUT2D eigenvalue weighted by atomic mass is 32.2. The highest BCUT2D eigenvalue weighted by molar-refractivity contribution is 7.86. The number of alkyl carbamates (subject to hydrolysis) is 1. The van der Waals surface area contributed by atoms with Gasteiger partial charge in [-0.1, -0.05) is 35.9 Å². The van der Waals surface area contributed by atoms with Crippen LogP contribution >= 0.6 is 0 Å². The van der Waals surface area contributed by atoms with Crippen LogP contribution < -0.4 is 10.1 Å². The average molecular weight is 452 g/mol. The predicted molar refractivity (Wildman–Crippen MR) is 115 cm³/mol. The van der Waals surface area contributed by atoms with E-state index in [2.05, 4.69) is 5.32 Å². The van der Waals surface area contributed by atoms with Crippen molar-refractivity contribution in [2.45, 2.75) is 50.3 Å². The van der Waals surface area contributed by atoms with Gasteiger partial charge in [0.15, 0.2) is 0 Å². The predicted octanol–water partition coefficient (Wildman–Crippen LogP) is 3.03. The van der Waals surface area contributed by atoms with Crippen molar-refractivity contribution < 1.29 is 32.0 Å². The number of hydrogen-bond donors (Lipinski definition) is 2. The second-order valence-corrected chi connectivity index (χ2v) is 9.61. The molecule has 0 saturated heterocycles. The van der Waals surface area contributed by atoms with Crippen LogP contribution in [0.15, 0.2) is 59.5 Å². The van der Waals surface area contributed by atoms with Gasteiger partial charge in [0.1, 0.15) is 24.1 Å². The molecule has 2 rings (SSSR count). The van der Waals surface area contributed by atoms with Crippen LogP contribution in [0.25, 0.3) is 0 Å². The van der Waals surface area contributed by atoms with Crippen LogP contribution in [0.1, 0.15) is 26.3 Å². The van der Waals surface area contributed by atoms with Crippen molar-refractivity contribution in [2.24, 2.45) is 0 Å². The molecule has 2 N–H and O–H groups in total. The quantitative estimate of drug-likeness (QED) is 0.564. The first-order valence-corrected chi connectivity index (χ1v) is 11.2. The van der Waals surface area contributed by atoms with Crippen molar-refractivity contribution in [1.82, 2.24) is 5.32 Å². The SMILES string of the molecule is Cc1ccc(S(=O)(=O)OCC(O)C(COc2ccccc2)NC(=O)OC(C)(C)C)cc1. The molecule has 2 aromatic rings. The molecule has 0 saturated carbocycles. The van der Waals surface area contributed by atoms with Crippen molar-refractivity contribution in [3.8, 4) is 5.75 Å². The summed E-state index contributed by atoms with van der Waals surface area (Å²) in [5, 5.41) is 13.1. The average Bonchev–Trinajstić information content (AvgIpc) is 2.69. The van der Waals surface area contributed by atoms with Gasteiger partial charge in [-0.15, -0.1) is 0 Å². The molecule has 0 aliphatic rings. The maximum atomic E-state index is 12.4. The molecule has 0 spiro atoms. The van der Waals surface area contributed by atoms with Gasteiger partial charge in [-0.25, -0.2) is 4.79 Å². The molecule has 0 fully saturated rings. The van der Waals surface area contributed by atoms with Gasteiger partial charge in [0.25, 0.3) is 10.1 Å². The third kappa shape index (κ3) is 8.56. The first kappa shape index (κ1) is 24.6. The van der Waals surface area contributed by atoms with Gasteiger partial charge in [0, 0.05) is 0 Å². The van der Waals surface area contributed by atoms with Crippen molar-refractivity contribution in [3.05, 3.63) is 60.2 Å². The van der Waals surface area contributed by atoms with Crippen LogP contribution in [0, 0.1) is 6.92 Å². The molecule has 31 heavy (non-hydrogen) atoms. The minimum absolute atomic E-state index is 0.0255. The van der Waals surface area contributed by atoms with E-state index in [4.69, 9.17) is 13.7 Å². The fourth-order valence-electron chi connectivity index (χ4n) is 2.46. The second kappa shape index (κ2) is 10.6.